The van der Waals surface area contributed by atoms with Gasteiger partial charge >= 0.3 is 214 Å². The van der Waals surface area contributed by atoms with Crippen LogP contribution in [0.5, 0.6) is 0 Å². The van der Waals surface area contributed by atoms with E-state index in [1.54, 1.807) is 21.5 Å². The van der Waals surface area contributed by atoms with E-state index in [1.165, 1.54) is 11.1 Å². The van der Waals surface area contributed by atoms with Crippen LogP contribution >= 0.6 is 24.8 Å². The molecule has 2 aromatic carbocycles. The second-order valence-electron chi connectivity index (χ2n) is 13.4. The van der Waals surface area contributed by atoms with E-state index in [-0.39, 0.29) is 24.8 Å². The van der Waals surface area contributed by atoms with Crippen molar-refractivity contribution in [2.24, 2.45) is 0 Å². The molecule has 0 amide bonds. The van der Waals surface area contributed by atoms with E-state index in [4.69, 9.17) is 0 Å². The van der Waals surface area contributed by atoms with Crippen LogP contribution in [0.15, 0.2) is 91.0 Å². The van der Waals surface area contributed by atoms with Gasteiger partial charge in [-0.15, -0.1) is 24.8 Å². The van der Waals surface area contributed by atoms with Crippen molar-refractivity contribution in [3.63, 3.8) is 0 Å². The zero-order valence-corrected chi connectivity index (χ0v) is 30.0. The molecule has 0 fully saturated rings. The van der Waals surface area contributed by atoms with Gasteiger partial charge in [0.05, 0.1) is 0 Å². The maximum Gasteiger partial charge on any atom is -0.147 e. The summed E-state index contributed by atoms with van der Waals surface area (Å²) >= 11 is -3.17. The van der Waals surface area contributed by atoms with Crippen molar-refractivity contribution in [2.45, 2.75) is 62.6 Å². The Kier molecular flexibility index (Phi) is 9.51. The quantitative estimate of drug-likeness (QED) is 0.287. The molecule has 0 unspecified atom stereocenters. The van der Waals surface area contributed by atoms with Gasteiger partial charge in [0, 0.05) is 0 Å². The van der Waals surface area contributed by atoms with Gasteiger partial charge in [-0.3, -0.25) is 0 Å². The summed E-state index contributed by atoms with van der Waals surface area (Å²) in [5, 5.41) is 8.98. The average Bonchev–Trinajstić information content (AvgIpc) is 3.41. The zero-order chi connectivity index (χ0) is 25.0. The predicted octanol–water partition coefficient (Wildman–Crippen LogP) is 9.40. The van der Waals surface area contributed by atoms with Crippen LogP contribution in [0.2, 0.25) is 49.7 Å². The maximum absolute atomic E-state index is 3.17. The largest absolute Gasteiger partial charge is 0.147 e. The Hall–Kier alpha value is -0.655. The first kappa shape index (κ1) is 31.6. The Morgan fingerprint density at radius 1 is 0.583 bits per heavy atom. The van der Waals surface area contributed by atoms with Gasteiger partial charge in [0.15, 0.2) is 0 Å². The molecule has 0 atom stereocenters. The van der Waals surface area contributed by atoms with E-state index in [1.807, 2.05) is 7.76 Å². The Bertz CT molecular complexity index is 1220. The Balaban J connectivity index is 0.00000228. The third-order valence-corrected chi connectivity index (χ3v) is 23.7. The summed E-state index contributed by atoms with van der Waals surface area (Å²) in [6.07, 6.45) is 7.55. The van der Waals surface area contributed by atoms with Crippen LogP contribution in [-0.4, -0.2) is 23.8 Å². The molecule has 0 saturated heterocycles. The first-order valence-electron chi connectivity index (χ1n) is 12.7. The number of hydrogen-bond donors (Lipinski definition) is 0. The third-order valence-electron chi connectivity index (χ3n) is 7.86. The number of benzene rings is 2. The molecule has 0 bridgehead atoms. The van der Waals surface area contributed by atoms with Crippen LogP contribution < -0.4 is 0 Å². The Labute approximate surface area is 236 Å². The predicted molar refractivity (Wildman–Crippen MR) is 174 cm³/mol. The fraction of sp³-hybridized carbons (Fsp3) is 0.333. The van der Waals surface area contributed by atoms with Gasteiger partial charge in [0.1, 0.15) is 0 Å². The van der Waals surface area contributed by atoms with Gasteiger partial charge in [0.2, 0.25) is 0 Å². The molecule has 194 valence electrons. The number of hydrogen-bond acceptors (Lipinski definition) is 0. The van der Waals surface area contributed by atoms with Crippen molar-refractivity contribution in [1.82, 2.24) is 0 Å². The zero-order valence-electron chi connectivity index (χ0n) is 23.4. The third kappa shape index (κ3) is 6.15. The molecular weight excluding hydrogens is 563 g/mol. The van der Waals surface area contributed by atoms with Crippen molar-refractivity contribution in [2.75, 3.05) is 0 Å². The van der Waals surface area contributed by atoms with Crippen LogP contribution in [0.3, 0.4) is 0 Å². The summed E-state index contributed by atoms with van der Waals surface area (Å²) in [5.74, 6) is 0. The minimum absolute atomic E-state index is 0. The number of halogens is 2. The average molecular weight is 608 g/mol. The molecule has 0 aromatic heterocycles. The SMILES string of the molecule is C[Si](C)(C)C1=[C]([Ti]([CH3])([CH3])(=[SiH2])[C]2=C([Si](C)(C)C)C=C(c3ccccc3)C2)CC(c2ccccc2)=C1.Cl.Cl. The first-order valence-corrected chi connectivity index (χ1v) is 28.4. The fourth-order valence-corrected chi connectivity index (χ4v) is 25.8. The first-order chi connectivity index (χ1) is 15.7. The molecule has 0 saturated carbocycles. The second-order valence-corrected chi connectivity index (χ2v) is 42.5. The van der Waals surface area contributed by atoms with E-state index >= 15 is 0 Å². The molecule has 0 N–H and O–H groups in total. The van der Waals surface area contributed by atoms with Gasteiger partial charge in [0.25, 0.3) is 0 Å². The molecule has 4 rings (SSSR count). The smallest absolute Gasteiger partial charge is 0.147 e. The summed E-state index contributed by atoms with van der Waals surface area (Å²) in [6, 6.07) is 22.3. The van der Waals surface area contributed by atoms with Crippen molar-refractivity contribution in [3.8, 4) is 0 Å². The molecule has 0 aliphatic heterocycles. The van der Waals surface area contributed by atoms with Crippen molar-refractivity contribution < 1.29 is 14.0 Å². The number of allylic oxidation sites excluding steroid dienone is 8. The Morgan fingerprint density at radius 2 is 0.889 bits per heavy atom. The summed E-state index contributed by atoms with van der Waals surface area (Å²) in [4.78, 5) is 0. The second kappa shape index (κ2) is 10.8. The van der Waals surface area contributed by atoms with Crippen molar-refractivity contribution >= 4 is 59.7 Å². The monoisotopic (exact) mass is 606 g/mol. The number of rotatable bonds is 6. The van der Waals surface area contributed by atoms with Crippen molar-refractivity contribution in [1.29, 1.82) is 0 Å². The standard InChI is InChI=1S/2C14H17Si.2CH3.2ClH.H2Si.Ti/c2*1-15(2,3)14-10-9-13(11-14)12-7-5-4-6-8-12;;;;;;/h2*4-8,11H,9H2,1-3H3;2*1H3;2*1H;1H2;. The molecule has 0 nitrogen and oxygen atoms in total. The normalized spacial score (nSPS) is 16.9. The van der Waals surface area contributed by atoms with Crippen LogP contribution in [0.4, 0.5) is 0 Å². The van der Waals surface area contributed by atoms with E-state index in [0.29, 0.717) is 0 Å². The molecule has 0 radical (unpaired) electrons. The van der Waals surface area contributed by atoms with Crippen LogP contribution in [0.25, 0.3) is 11.1 Å². The molecule has 2 aliphatic rings. The summed E-state index contributed by atoms with van der Waals surface area (Å²) in [6.45, 7) is 15.3. The van der Waals surface area contributed by atoms with Crippen molar-refractivity contribution in [3.05, 3.63) is 102 Å². The van der Waals surface area contributed by atoms with E-state index < -0.39 is 30.2 Å². The minimum atomic E-state index is -3.17. The Morgan fingerprint density at radius 3 is 1.17 bits per heavy atom. The summed E-state index contributed by atoms with van der Waals surface area (Å²) < 4.78 is 3.73. The van der Waals surface area contributed by atoms with E-state index in [2.05, 4.69) is 130 Å². The summed E-state index contributed by atoms with van der Waals surface area (Å²) in [5.41, 5.74) is 5.91. The van der Waals surface area contributed by atoms with E-state index in [9.17, 15) is 0 Å². The molecule has 2 aromatic rings. The van der Waals surface area contributed by atoms with Crippen LogP contribution in [0, 0.1) is 0 Å². The minimum Gasteiger partial charge on any atom is -0.147 e. The van der Waals surface area contributed by atoms with Crippen LogP contribution in [-0.2, 0) is 14.0 Å². The molecule has 6 heteroatoms. The molecule has 0 spiro atoms. The van der Waals surface area contributed by atoms with Gasteiger partial charge < -0.3 is 0 Å². The van der Waals surface area contributed by atoms with Gasteiger partial charge in [-0.2, -0.15) is 0 Å². The molecule has 36 heavy (non-hydrogen) atoms. The molecule has 0 heterocycles. The summed E-state index contributed by atoms with van der Waals surface area (Å²) in [7, 11) is -0.541. The topological polar surface area (TPSA) is 0 Å². The van der Waals surface area contributed by atoms with Gasteiger partial charge in [-0.1, -0.05) is 0 Å². The van der Waals surface area contributed by atoms with Crippen LogP contribution in [0.1, 0.15) is 24.0 Å². The fourth-order valence-electron chi connectivity index (χ4n) is 5.82. The molecular formula is C30H44Cl2Si3Ti. The van der Waals surface area contributed by atoms with Gasteiger partial charge in [-0.05, 0) is 0 Å². The van der Waals surface area contributed by atoms with E-state index in [0.717, 1.165) is 12.8 Å². The van der Waals surface area contributed by atoms with Gasteiger partial charge in [-0.25, -0.2) is 0 Å². The molecule has 2 aliphatic carbocycles. The maximum atomic E-state index is 2.74.